The molecule has 0 spiro atoms. The molecule has 1 aliphatic heterocycles. The minimum absolute atomic E-state index is 0.0436. The van der Waals surface area contributed by atoms with Crippen molar-refractivity contribution in [1.29, 1.82) is 5.26 Å². The van der Waals surface area contributed by atoms with Crippen LogP contribution in [-0.4, -0.2) is 20.3 Å². The van der Waals surface area contributed by atoms with Gasteiger partial charge in [-0.15, -0.1) is 11.3 Å². The van der Waals surface area contributed by atoms with Gasteiger partial charge in [-0.05, 0) is 54.1 Å². The number of halogens is 1. The molecule has 0 bridgehead atoms. The number of allylic oxidation sites excluding steroid dienone is 3. The topological polar surface area (TPSA) is 101 Å². The lowest BCUT2D eigenvalue weighted by Gasteiger charge is -2.39. The number of thiophene rings is 1. The summed E-state index contributed by atoms with van der Waals surface area (Å²) in [7, 11) is 0. The van der Waals surface area contributed by atoms with Crippen LogP contribution in [0.3, 0.4) is 0 Å². The second kappa shape index (κ2) is 8.94. The van der Waals surface area contributed by atoms with Gasteiger partial charge in [-0.2, -0.15) is 5.26 Å². The summed E-state index contributed by atoms with van der Waals surface area (Å²) >= 11 is 7.97. The average Bonchev–Trinajstić information content (AvgIpc) is 3.52. The summed E-state index contributed by atoms with van der Waals surface area (Å²) in [5, 5.41) is 12.6. The Bertz CT molecular complexity index is 1620. The van der Waals surface area contributed by atoms with Gasteiger partial charge in [0.1, 0.15) is 5.82 Å². The van der Waals surface area contributed by atoms with Crippen molar-refractivity contribution in [2.45, 2.75) is 31.7 Å². The smallest absolute Gasteiger partial charge is 0.161 e. The van der Waals surface area contributed by atoms with E-state index in [0.717, 1.165) is 33.6 Å². The minimum atomic E-state index is -0.497. The molecule has 0 unspecified atom stereocenters. The van der Waals surface area contributed by atoms with Gasteiger partial charge in [0.2, 0.25) is 0 Å². The zero-order chi connectivity index (χ0) is 24.8. The molecule has 0 saturated heterocycles. The third-order valence-corrected chi connectivity index (χ3v) is 8.07. The van der Waals surface area contributed by atoms with Crippen molar-refractivity contribution in [2.75, 3.05) is 4.90 Å². The Balaban J connectivity index is 1.44. The van der Waals surface area contributed by atoms with Gasteiger partial charge in [0, 0.05) is 35.3 Å². The van der Waals surface area contributed by atoms with E-state index in [1.54, 1.807) is 34.6 Å². The molecule has 6 rings (SSSR count). The Labute approximate surface area is 216 Å². The molecule has 9 heteroatoms. The number of para-hydroxylation sites is 2. The summed E-state index contributed by atoms with van der Waals surface area (Å²) < 4.78 is 2.10. The van der Waals surface area contributed by atoms with Gasteiger partial charge in [0.25, 0.3) is 0 Å². The lowest BCUT2D eigenvalue weighted by molar-refractivity contribution is -0.116. The SMILES string of the molecule is N#CC1=C(N)N(c2cccnc2Cl)C2=C(C(=O)CCC2)[C@@H]1c1cc(Cn2cnc3ccccc32)cs1. The van der Waals surface area contributed by atoms with Crippen molar-refractivity contribution in [3.63, 3.8) is 0 Å². The van der Waals surface area contributed by atoms with Crippen LogP contribution >= 0.6 is 22.9 Å². The average molecular weight is 513 g/mol. The number of carbonyl (C=O) groups excluding carboxylic acids is 1. The third-order valence-electron chi connectivity index (χ3n) is 6.73. The second-order valence-corrected chi connectivity index (χ2v) is 10.1. The first-order valence-electron chi connectivity index (χ1n) is 11.6. The molecule has 1 aliphatic carbocycles. The molecule has 1 atom stereocenters. The van der Waals surface area contributed by atoms with Crippen molar-refractivity contribution < 1.29 is 4.79 Å². The molecule has 36 heavy (non-hydrogen) atoms. The van der Waals surface area contributed by atoms with E-state index < -0.39 is 5.92 Å². The zero-order valence-electron chi connectivity index (χ0n) is 19.2. The predicted octanol–water partition coefficient (Wildman–Crippen LogP) is 5.50. The van der Waals surface area contributed by atoms with Crippen molar-refractivity contribution >= 4 is 45.4 Å². The highest BCUT2D eigenvalue weighted by Gasteiger charge is 2.41. The number of pyridine rings is 1. The maximum absolute atomic E-state index is 13.3. The van der Waals surface area contributed by atoms with Crippen molar-refractivity contribution in [3.05, 3.63) is 98.6 Å². The molecular weight excluding hydrogens is 492 g/mol. The molecule has 0 saturated carbocycles. The molecular formula is C27H21ClN6OS. The van der Waals surface area contributed by atoms with Crippen LogP contribution in [0.2, 0.25) is 5.15 Å². The fraction of sp³-hybridized carbons (Fsp3) is 0.185. The molecule has 0 radical (unpaired) electrons. The van der Waals surface area contributed by atoms with Crippen molar-refractivity contribution in [1.82, 2.24) is 14.5 Å². The van der Waals surface area contributed by atoms with Gasteiger partial charge in [-0.25, -0.2) is 9.97 Å². The van der Waals surface area contributed by atoms with Crippen molar-refractivity contribution in [2.24, 2.45) is 5.73 Å². The van der Waals surface area contributed by atoms with E-state index >= 15 is 0 Å². The number of nitrogens with zero attached hydrogens (tertiary/aromatic N) is 5. The van der Waals surface area contributed by atoms with Crippen LogP contribution in [0.1, 0.15) is 35.6 Å². The lowest BCUT2D eigenvalue weighted by atomic mass is 9.78. The highest BCUT2D eigenvalue weighted by atomic mass is 35.5. The molecule has 7 nitrogen and oxygen atoms in total. The number of anilines is 1. The summed E-state index contributed by atoms with van der Waals surface area (Å²) in [5.41, 5.74) is 12.1. The highest BCUT2D eigenvalue weighted by Crippen LogP contribution is 2.48. The Kier molecular flexibility index (Phi) is 5.59. The number of nitriles is 1. The minimum Gasteiger partial charge on any atom is -0.384 e. The number of aromatic nitrogens is 3. The first kappa shape index (κ1) is 22.5. The number of benzene rings is 1. The quantitative estimate of drug-likeness (QED) is 0.362. The van der Waals surface area contributed by atoms with Gasteiger partial charge in [-0.3, -0.25) is 9.69 Å². The first-order chi connectivity index (χ1) is 17.6. The van der Waals surface area contributed by atoms with E-state index in [2.05, 4.69) is 32.1 Å². The number of fused-ring (bicyclic) bond motifs is 1. The van der Waals surface area contributed by atoms with Gasteiger partial charge in [0.15, 0.2) is 10.9 Å². The number of carbonyl (C=O) groups is 1. The van der Waals surface area contributed by atoms with E-state index in [0.29, 0.717) is 42.0 Å². The second-order valence-electron chi connectivity index (χ2n) is 8.85. The summed E-state index contributed by atoms with van der Waals surface area (Å²) in [6, 6.07) is 16.0. The molecule has 1 aromatic carbocycles. The molecule has 0 amide bonds. The first-order valence-corrected chi connectivity index (χ1v) is 12.9. The normalized spacial score (nSPS) is 18.1. The molecule has 178 valence electrons. The van der Waals surface area contributed by atoms with Gasteiger partial charge >= 0.3 is 0 Å². The number of nitrogens with two attached hydrogens (primary N) is 1. The Morgan fingerprint density at radius 1 is 1.19 bits per heavy atom. The summed E-state index contributed by atoms with van der Waals surface area (Å²) in [6.07, 6.45) is 5.27. The van der Waals surface area contributed by atoms with Gasteiger partial charge < -0.3 is 10.3 Å². The van der Waals surface area contributed by atoms with E-state index in [9.17, 15) is 10.1 Å². The fourth-order valence-electron chi connectivity index (χ4n) is 5.15. The zero-order valence-corrected chi connectivity index (χ0v) is 20.8. The Hall–Kier alpha value is -3.93. The fourth-order valence-corrected chi connectivity index (χ4v) is 6.38. The number of hydrogen-bond donors (Lipinski definition) is 1. The third kappa shape index (κ3) is 3.60. The predicted molar refractivity (Wildman–Crippen MR) is 140 cm³/mol. The highest BCUT2D eigenvalue weighted by molar-refractivity contribution is 7.10. The largest absolute Gasteiger partial charge is 0.384 e. The number of rotatable bonds is 4. The monoisotopic (exact) mass is 512 g/mol. The summed E-state index contributed by atoms with van der Waals surface area (Å²) in [6.45, 7) is 0.641. The van der Waals surface area contributed by atoms with Crippen LogP contribution in [0, 0.1) is 11.3 Å². The molecule has 4 aromatic rings. The maximum atomic E-state index is 13.3. The van der Waals surface area contributed by atoms with Crippen LogP contribution in [0.25, 0.3) is 11.0 Å². The van der Waals surface area contributed by atoms with E-state index in [1.807, 2.05) is 30.6 Å². The Morgan fingerprint density at radius 3 is 2.89 bits per heavy atom. The van der Waals surface area contributed by atoms with E-state index in [-0.39, 0.29) is 10.9 Å². The molecule has 2 N–H and O–H groups in total. The van der Waals surface area contributed by atoms with E-state index in [4.69, 9.17) is 17.3 Å². The summed E-state index contributed by atoms with van der Waals surface area (Å²) in [4.78, 5) is 24.7. The van der Waals surface area contributed by atoms with Crippen LogP contribution in [0.5, 0.6) is 0 Å². The van der Waals surface area contributed by atoms with Crippen LogP contribution in [-0.2, 0) is 11.3 Å². The molecule has 3 aromatic heterocycles. The summed E-state index contributed by atoms with van der Waals surface area (Å²) in [5.74, 6) is -0.161. The van der Waals surface area contributed by atoms with Crippen LogP contribution < -0.4 is 10.6 Å². The number of hydrogen-bond acceptors (Lipinski definition) is 7. The molecule has 2 aliphatic rings. The standard InChI is InChI=1S/C27H21ClN6OS/c28-26-21(8-4-10-31-26)34-20-7-3-9-22(35)25(20)24(17(12-29)27(34)30)23-11-16(14-36-23)13-33-15-32-18-5-1-2-6-19(18)33/h1-2,4-6,8,10-11,14-15,24H,3,7,9,13,30H2/t24-/m0/s1. The van der Waals surface area contributed by atoms with Crippen molar-refractivity contribution in [3.8, 4) is 6.07 Å². The Morgan fingerprint density at radius 2 is 2.06 bits per heavy atom. The van der Waals surface area contributed by atoms with Gasteiger partial charge in [0.05, 0.1) is 40.6 Å². The van der Waals surface area contributed by atoms with Crippen LogP contribution in [0.4, 0.5) is 5.69 Å². The number of imidazole rings is 1. The van der Waals surface area contributed by atoms with Gasteiger partial charge in [-0.1, -0.05) is 23.7 Å². The van der Waals surface area contributed by atoms with E-state index in [1.165, 1.54) is 0 Å². The molecule has 0 fully saturated rings. The van der Waals surface area contributed by atoms with Crippen LogP contribution in [0.15, 0.2) is 83.0 Å². The molecule has 4 heterocycles. The maximum Gasteiger partial charge on any atom is 0.161 e. The number of ketones is 1. The lowest BCUT2D eigenvalue weighted by Crippen LogP contribution is -2.38. The number of Topliss-reactive ketones (excluding diaryl/α,β-unsaturated/α-hetero) is 1.